The van der Waals surface area contributed by atoms with Crippen molar-refractivity contribution >= 4 is 16.9 Å². The zero-order valence-electron chi connectivity index (χ0n) is 20.1. The van der Waals surface area contributed by atoms with E-state index in [1.807, 2.05) is 25.1 Å². The van der Waals surface area contributed by atoms with Gasteiger partial charge in [-0.3, -0.25) is 4.79 Å². The van der Waals surface area contributed by atoms with Gasteiger partial charge in [-0.2, -0.15) is 0 Å². The van der Waals surface area contributed by atoms with Crippen molar-refractivity contribution in [3.8, 4) is 28.4 Å². The SMILES string of the molecule is CCCc1cc2c(=O)c(-c3ccc4c(c3)OCCCO4)c(C)oc2cc1OCC(=O)OC(C)C. The molecule has 0 amide bonds. The molecule has 180 valence electrons. The van der Waals surface area contributed by atoms with Gasteiger partial charge < -0.3 is 23.4 Å². The largest absolute Gasteiger partial charge is 0.490 e. The molecule has 34 heavy (non-hydrogen) atoms. The Bertz CT molecular complexity index is 1260. The summed E-state index contributed by atoms with van der Waals surface area (Å²) in [5.74, 6) is 1.85. The maximum Gasteiger partial charge on any atom is 0.344 e. The van der Waals surface area contributed by atoms with E-state index in [9.17, 15) is 9.59 Å². The van der Waals surface area contributed by atoms with Crippen LogP contribution in [0.4, 0.5) is 0 Å². The average molecular weight is 467 g/mol. The molecular weight excluding hydrogens is 436 g/mol. The van der Waals surface area contributed by atoms with Crippen LogP contribution in [0.15, 0.2) is 39.5 Å². The lowest BCUT2D eigenvalue weighted by molar-refractivity contribution is -0.149. The third kappa shape index (κ3) is 5.03. The number of fused-ring (bicyclic) bond motifs is 2. The molecule has 2 aromatic carbocycles. The summed E-state index contributed by atoms with van der Waals surface area (Å²) in [4.78, 5) is 25.5. The lowest BCUT2D eigenvalue weighted by atomic mass is 10.00. The third-order valence-corrected chi connectivity index (χ3v) is 5.52. The van der Waals surface area contributed by atoms with E-state index in [-0.39, 0.29) is 18.1 Å². The summed E-state index contributed by atoms with van der Waals surface area (Å²) >= 11 is 0. The highest BCUT2D eigenvalue weighted by atomic mass is 16.6. The first-order valence-electron chi connectivity index (χ1n) is 11.7. The van der Waals surface area contributed by atoms with Crippen LogP contribution in [0.1, 0.15) is 44.9 Å². The summed E-state index contributed by atoms with van der Waals surface area (Å²) < 4.78 is 28.5. The fourth-order valence-electron chi connectivity index (χ4n) is 4.06. The molecule has 0 spiro atoms. The minimum Gasteiger partial charge on any atom is -0.490 e. The molecule has 0 N–H and O–H groups in total. The Hall–Kier alpha value is -3.48. The number of hydrogen-bond donors (Lipinski definition) is 0. The zero-order valence-corrected chi connectivity index (χ0v) is 20.1. The van der Waals surface area contributed by atoms with E-state index in [0.717, 1.165) is 18.4 Å². The second-order valence-electron chi connectivity index (χ2n) is 8.61. The topological polar surface area (TPSA) is 84.2 Å². The van der Waals surface area contributed by atoms with Gasteiger partial charge in [-0.25, -0.2) is 4.79 Å². The van der Waals surface area contributed by atoms with Crippen molar-refractivity contribution in [2.45, 2.75) is 53.1 Å². The summed E-state index contributed by atoms with van der Waals surface area (Å²) in [7, 11) is 0. The second kappa shape index (κ2) is 10.2. The summed E-state index contributed by atoms with van der Waals surface area (Å²) in [6.07, 6.45) is 2.13. The van der Waals surface area contributed by atoms with Gasteiger partial charge in [0.25, 0.3) is 0 Å². The van der Waals surface area contributed by atoms with Crippen molar-refractivity contribution in [3.63, 3.8) is 0 Å². The Balaban J connectivity index is 1.75. The summed E-state index contributed by atoms with van der Waals surface area (Å²) in [6.45, 7) is 8.34. The number of ether oxygens (including phenoxy) is 4. The fourth-order valence-corrected chi connectivity index (χ4v) is 4.06. The predicted molar refractivity (Wildman–Crippen MR) is 129 cm³/mol. The van der Waals surface area contributed by atoms with Crippen LogP contribution in [0.25, 0.3) is 22.1 Å². The van der Waals surface area contributed by atoms with Crippen LogP contribution in [0, 0.1) is 6.92 Å². The van der Waals surface area contributed by atoms with Gasteiger partial charge in [-0.15, -0.1) is 0 Å². The van der Waals surface area contributed by atoms with Crippen LogP contribution in [0.2, 0.25) is 0 Å². The molecule has 0 saturated carbocycles. The molecule has 0 radical (unpaired) electrons. The van der Waals surface area contributed by atoms with Crippen LogP contribution in [0.5, 0.6) is 17.2 Å². The standard InChI is InChI=1S/C27H30O7/c1-5-7-18-12-20-23(14-22(18)32-15-25(28)33-16(2)3)34-17(4)26(27(20)29)19-8-9-21-24(13-19)31-11-6-10-30-21/h8-9,12-14,16H,5-7,10-11,15H2,1-4H3. The van der Waals surface area contributed by atoms with Crippen molar-refractivity contribution in [3.05, 3.63) is 51.9 Å². The monoisotopic (exact) mass is 466 g/mol. The van der Waals surface area contributed by atoms with E-state index in [2.05, 4.69) is 0 Å². The molecule has 1 aromatic heterocycles. The quantitative estimate of drug-likeness (QED) is 0.442. The molecule has 1 aliphatic heterocycles. The molecule has 0 bridgehead atoms. The smallest absolute Gasteiger partial charge is 0.344 e. The molecule has 7 nitrogen and oxygen atoms in total. The Kier molecular flexibility index (Phi) is 7.10. The molecule has 0 atom stereocenters. The number of aryl methyl sites for hydroxylation is 2. The van der Waals surface area contributed by atoms with Crippen molar-refractivity contribution in [2.75, 3.05) is 19.8 Å². The van der Waals surface area contributed by atoms with Crippen molar-refractivity contribution in [2.24, 2.45) is 0 Å². The summed E-state index contributed by atoms with van der Waals surface area (Å²) in [6, 6.07) is 9.00. The van der Waals surface area contributed by atoms with Gasteiger partial charge in [-0.05, 0) is 56.5 Å². The van der Waals surface area contributed by atoms with Gasteiger partial charge >= 0.3 is 5.97 Å². The number of carbonyl (C=O) groups excluding carboxylic acids is 1. The molecule has 7 heteroatoms. The van der Waals surface area contributed by atoms with E-state index < -0.39 is 5.97 Å². The van der Waals surface area contributed by atoms with E-state index >= 15 is 0 Å². The van der Waals surface area contributed by atoms with Crippen molar-refractivity contribution in [1.29, 1.82) is 0 Å². The molecule has 1 aliphatic rings. The maximum absolute atomic E-state index is 13.6. The van der Waals surface area contributed by atoms with Crippen LogP contribution in [-0.4, -0.2) is 31.9 Å². The molecule has 0 fully saturated rings. The Labute approximate surface area is 198 Å². The van der Waals surface area contributed by atoms with E-state index in [4.69, 9.17) is 23.4 Å². The van der Waals surface area contributed by atoms with Crippen LogP contribution >= 0.6 is 0 Å². The van der Waals surface area contributed by atoms with Gasteiger partial charge in [0, 0.05) is 12.5 Å². The maximum atomic E-state index is 13.6. The highest BCUT2D eigenvalue weighted by Gasteiger charge is 2.19. The highest BCUT2D eigenvalue weighted by Crippen LogP contribution is 2.35. The predicted octanol–water partition coefficient (Wildman–Crippen LogP) is 5.21. The molecule has 2 heterocycles. The molecule has 3 aromatic rings. The van der Waals surface area contributed by atoms with E-state index in [0.29, 0.717) is 64.7 Å². The lowest BCUT2D eigenvalue weighted by Crippen LogP contribution is -2.19. The molecule has 0 saturated heterocycles. The van der Waals surface area contributed by atoms with Crippen LogP contribution < -0.4 is 19.6 Å². The highest BCUT2D eigenvalue weighted by molar-refractivity contribution is 5.85. The number of carbonyl (C=O) groups is 1. The third-order valence-electron chi connectivity index (χ3n) is 5.52. The average Bonchev–Trinajstić information content (AvgIpc) is 3.03. The second-order valence-corrected chi connectivity index (χ2v) is 8.61. The number of rotatable bonds is 7. The van der Waals surface area contributed by atoms with Crippen molar-refractivity contribution < 1.29 is 28.2 Å². The fraction of sp³-hybridized carbons (Fsp3) is 0.407. The first kappa shape index (κ1) is 23.7. The summed E-state index contributed by atoms with van der Waals surface area (Å²) in [5.41, 5.74) is 2.32. The van der Waals surface area contributed by atoms with E-state index in [1.54, 1.807) is 32.9 Å². The summed E-state index contributed by atoms with van der Waals surface area (Å²) in [5, 5.41) is 0.466. The first-order chi connectivity index (χ1) is 16.4. The molecular formula is C27H30O7. The Morgan fingerprint density at radius 3 is 2.59 bits per heavy atom. The normalized spacial score (nSPS) is 13.1. The van der Waals surface area contributed by atoms with Crippen LogP contribution in [-0.2, 0) is 16.0 Å². The lowest BCUT2D eigenvalue weighted by Gasteiger charge is -2.15. The zero-order chi connectivity index (χ0) is 24.2. The van der Waals surface area contributed by atoms with Crippen molar-refractivity contribution in [1.82, 2.24) is 0 Å². The first-order valence-corrected chi connectivity index (χ1v) is 11.7. The van der Waals surface area contributed by atoms with Gasteiger partial charge in [0.1, 0.15) is 17.1 Å². The number of esters is 1. The molecule has 0 unspecified atom stereocenters. The van der Waals surface area contributed by atoms with Gasteiger partial charge in [-0.1, -0.05) is 19.4 Å². The minimum absolute atomic E-state index is 0.128. The minimum atomic E-state index is -0.445. The number of benzene rings is 2. The van der Waals surface area contributed by atoms with Gasteiger partial charge in [0.05, 0.1) is 30.3 Å². The Morgan fingerprint density at radius 1 is 1.09 bits per heavy atom. The van der Waals surface area contributed by atoms with Gasteiger partial charge in [0.2, 0.25) is 5.43 Å². The van der Waals surface area contributed by atoms with E-state index in [1.165, 1.54) is 0 Å². The molecule has 0 aliphatic carbocycles. The number of hydrogen-bond acceptors (Lipinski definition) is 7. The Morgan fingerprint density at radius 2 is 1.85 bits per heavy atom. The molecule has 4 rings (SSSR count). The van der Waals surface area contributed by atoms with Gasteiger partial charge in [0.15, 0.2) is 18.1 Å². The van der Waals surface area contributed by atoms with Crippen LogP contribution in [0.3, 0.4) is 0 Å².